The largest absolute Gasteiger partial charge is 0.508 e. The highest BCUT2D eigenvalue weighted by Gasteiger charge is 2.46. The van der Waals surface area contributed by atoms with Gasteiger partial charge >= 0.3 is 0 Å². The first-order valence-corrected chi connectivity index (χ1v) is 51.6. The molecule has 6 atom stereocenters. The number of phenols is 6. The number of benzene rings is 13. The van der Waals surface area contributed by atoms with E-state index < -0.39 is 48.0 Å². The minimum absolute atomic E-state index is 0.0564. The summed E-state index contributed by atoms with van der Waals surface area (Å²) >= 11 is 0. The molecular formula is C100H94N6O12P6. The number of aromatic hydroxyl groups is 6. The monoisotopic (exact) mass is 1760 g/mol. The molecule has 6 aliphatic heterocycles. The smallest absolute Gasteiger partial charge is 0.175 e. The Labute approximate surface area is 718 Å². The zero-order chi connectivity index (χ0) is 88.5. The van der Waals surface area contributed by atoms with E-state index in [1.807, 2.05) is 181 Å². The molecule has 1 fully saturated rings. The molecule has 6 heterocycles. The van der Waals surface area contributed by atoms with Crippen LogP contribution >= 0.6 is 42.9 Å². The molecule has 24 heteroatoms. The van der Waals surface area contributed by atoms with E-state index in [4.69, 9.17) is 0 Å². The second-order valence-electron chi connectivity index (χ2n) is 33.1. The van der Waals surface area contributed by atoms with Crippen LogP contribution in [0.2, 0.25) is 0 Å². The molecule has 13 aromatic rings. The Morgan fingerprint density at radius 3 is 1.12 bits per heavy atom. The van der Waals surface area contributed by atoms with Crippen LogP contribution < -0.4 is 132 Å². The number of rotatable bonds is 4. The molecule has 0 saturated heterocycles. The van der Waals surface area contributed by atoms with Gasteiger partial charge in [0, 0.05) is 91.6 Å². The van der Waals surface area contributed by atoms with Crippen LogP contribution in [-0.4, -0.2) is 59.9 Å². The lowest BCUT2D eigenvalue weighted by Crippen LogP contribution is -2.42. The van der Waals surface area contributed by atoms with E-state index in [2.05, 4.69) is 69.4 Å². The lowest BCUT2D eigenvalue weighted by molar-refractivity contribution is 0.474. The molecule has 0 aromatic heterocycles. The van der Waals surface area contributed by atoms with E-state index in [1.54, 1.807) is 110 Å². The molecule has 6 N–H and O–H groups in total. The molecule has 7 aliphatic rings. The van der Waals surface area contributed by atoms with Crippen LogP contribution in [0.3, 0.4) is 0 Å². The predicted molar refractivity (Wildman–Crippen MR) is 509 cm³/mol. The van der Waals surface area contributed by atoms with Crippen LogP contribution in [0.15, 0.2) is 279 Å². The highest BCUT2D eigenvalue weighted by Crippen LogP contribution is 2.59. The minimum Gasteiger partial charge on any atom is -0.508 e. The van der Waals surface area contributed by atoms with Crippen molar-refractivity contribution in [2.45, 2.75) is 90.1 Å². The van der Waals surface area contributed by atoms with Gasteiger partial charge in [0.05, 0.1) is 66.3 Å². The van der Waals surface area contributed by atoms with E-state index >= 15 is 0 Å². The Balaban J connectivity index is 0.000000115. The van der Waals surface area contributed by atoms with E-state index in [0.717, 1.165) is 121 Å². The zero-order valence-corrected chi connectivity index (χ0v) is 75.2. The maximum absolute atomic E-state index is 14.3. The molecule has 13 aromatic carbocycles. The Hall–Kier alpha value is -11.9. The fourth-order valence-electron chi connectivity index (χ4n) is 16.9. The summed E-state index contributed by atoms with van der Waals surface area (Å²) in [6, 6.07) is 72.3. The van der Waals surface area contributed by atoms with E-state index in [9.17, 15) is 58.0 Å². The van der Waals surface area contributed by atoms with Crippen LogP contribution in [0.4, 0.5) is 34.1 Å². The molecule has 0 spiro atoms. The highest BCUT2D eigenvalue weighted by molar-refractivity contribution is 7.85. The lowest BCUT2D eigenvalue weighted by Gasteiger charge is -2.34. The molecule has 18 nitrogen and oxygen atoms in total. The van der Waals surface area contributed by atoms with Gasteiger partial charge in [0.25, 0.3) is 0 Å². The first kappa shape index (κ1) is 87.0. The van der Waals surface area contributed by atoms with Crippen molar-refractivity contribution in [2.24, 2.45) is 30.0 Å². The van der Waals surface area contributed by atoms with Gasteiger partial charge in [0.15, 0.2) is 21.4 Å². The molecule has 6 unspecified atom stereocenters. The first-order valence-electron chi connectivity index (χ1n) is 40.6. The van der Waals surface area contributed by atoms with Crippen LogP contribution in [0.5, 0.6) is 34.5 Å². The van der Waals surface area contributed by atoms with Gasteiger partial charge in [-0.15, -0.1) is 0 Å². The molecular weight excluding hydrogens is 1660 g/mol. The van der Waals surface area contributed by atoms with Crippen molar-refractivity contribution in [1.82, 2.24) is 0 Å². The van der Waals surface area contributed by atoms with Crippen molar-refractivity contribution in [1.29, 1.82) is 0 Å². The van der Waals surface area contributed by atoms with Crippen molar-refractivity contribution in [3.63, 3.8) is 0 Å². The molecule has 20 rings (SSSR count). The third kappa shape index (κ3) is 16.0. The average molecular weight is 1760 g/mol. The van der Waals surface area contributed by atoms with E-state index in [1.165, 1.54) is 12.5 Å². The Bertz CT molecular complexity index is 7730. The Morgan fingerprint density at radius 2 is 0.661 bits per heavy atom. The Morgan fingerprint density at radius 1 is 0.339 bits per heavy atom. The number of phenolic OH excluding ortho intramolecular Hbond substituents is 6. The zero-order valence-electron chi connectivity index (χ0n) is 69.8. The Kier molecular flexibility index (Phi) is 23.6. The summed E-state index contributed by atoms with van der Waals surface area (Å²) in [5.74, 6) is 0.711. The van der Waals surface area contributed by atoms with Crippen LogP contribution in [0, 0.1) is 0 Å². The van der Waals surface area contributed by atoms with E-state index in [-0.39, 0.29) is 45.8 Å². The molecule has 0 amide bonds. The van der Waals surface area contributed by atoms with Crippen molar-refractivity contribution in [2.75, 3.05) is 12.8 Å². The molecule has 626 valence electrons. The van der Waals surface area contributed by atoms with Crippen molar-refractivity contribution >= 4 is 185 Å². The van der Waals surface area contributed by atoms with Gasteiger partial charge < -0.3 is 58.0 Å². The van der Waals surface area contributed by atoms with Gasteiger partial charge in [0.2, 0.25) is 0 Å². The van der Waals surface area contributed by atoms with Gasteiger partial charge in [-0.25, -0.2) is 30.0 Å². The number of hydrogen-bond acceptors (Lipinski definition) is 18. The third-order valence-electron chi connectivity index (χ3n) is 23.3. The van der Waals surface area contributed by atoms with Gasteiger partial charge in [-0.05, 0) is 233 Å². The summed E-state index contributed by atoms with van der Waals surface area (Å²) in [5.41, 5.74) is 4.18. The fourth-order valence-corrected chi connectivity index (χ4v) is 34.7. The summed E-state index contributed by atoms with van der Waals surface area (Å²) < 4.78 is 82.5. The third-order valence-corrected chi connectivity index (χ3v) is 43.3. The van der Waals surface area contributed by atoms with Crippen molar-refractivity contribution in [3.8, 4) is 34.5 Å². The number of fused-ring (bicyclic) bond motifs is 12. The van der Waals surface area contributed by atoms with Gasteiger partial charge in [0.1, 0.15) is 55.9 Å². The molecule has 0 bridgehead atoms. The average Bonchev–Trinajstić information content (AvgIpc) is 0.675. The van der Waals surface area contributed by atoms with Crippen molar-refractivity contribution < 1.29 is 58.0 Å². The standard InChI is InChI=1S/C19H20NO2P.C19H14NO2P.C17H18NO2P.C16H16NO2P.C15H14NO2P.C14H12NO2P/c2*1-13-7-9-16-18(11-13)23(22,15-5-3-2-4-6-15)19-12-14(21)8-10-17(19)20-16;1-11-5-7-13-15(9-11)21(20,17(2,3)4)16-10-12(19)6-8-14(16)18-13;1-10(2)20(19)15-8-11(3)4-6-13(15)17-14-7-5-12(18)9-16(14)20;1-3-19(18)14-8-10(2)4-6-12(14)16-13-7-5-11(17)9-15(13)19;1-9-3-5-11-13(7-9)18(2,17)14-8-10(16)4-6-12(14)15-11/h7-12,15,21H,1-6H2;2-12,21H,1H2;5-10,19H,1H2,2-4H3;4-10,18H,3H2,1-2H3;4-9,17H,2-3H2,1H3;3-8,16H,1H2,2H3. The summed E-state index contributed by atoms with van der Waals surface area (Å²) in [4.78, 5) is 27.4. The molecule has 1 saturated carbocycles. The number of nitrogens with zero attached hydrogens (tertiary/aromatic N) is 6. The summed E-state index contributed by atoms with van der Waals surface area (Å²) in [6.45, 7) is 36.9. The van der Waals surface area contributed by atoms with Gasteiger partial charge in [-0.1, -0.05) is 167 Å². The minimum atomic E-state index is -3.09. The summed E-state index contributed by atoms with van der Waals surface area (Å²) in [6.07, 6.45) is 5.94. The topological polar surface area (TPSA) is 298 Å². The lowest BCUT2D eigenvalue weighted by atomic mass is 10.0. The number of hydrogen-bond donors (Lipinski definition) is 6. The predicted octanol–water partition coefficient (Wildman–Crippen LogP) is 10.8. The SMILES string of the molecule is C=c1ccc2c(c1)P(=O)(C(C)(C)C)c1cc(O)ccc1N=2.C=c1ccc2c(c1)P(=O)(C(C)C)c1cc(O)ccc1N=2.C=c1ccc2c(c1)P(=O)(C1CCCCC1)c1cc(O)ccc1N=2.C=c1ccc2c(c1)P(=O)(CC)c1cc(O)ccc1N=2.C=c1ccc2c(c1)P(=O)(c1ccccc1)c1cc(O)ccc1N=2.C=c1ccc2c(c1)P(C)(=O)c1cc(O)ccc1N=2. The maximum Gasteiger partial charge on any atom is 0.175 e. The second-order valence-corrected chi connectivity index (χ2v) is 51.5. The quantitative estimate of drug-likeness (QED) is 0.0897. The summed E-state index contributed by atoms with van der Waals surface area (Å²) in [7, 11) is -17.1. The molecule has 1 aliphatic carbocycles. The van der Waals surface area contributed by atoms with Gasteiger partial charge in [-0.3, -0.25) is 0 Å². The van der Waals surface area contributed by atoms with Crippen LogP contribution in [0.1, 0.15) is 73.6 Å². The molecule has 0 radical (unpaired) electrons. The van der Waals surface area contributed by atoms with Gasteiger partial charge in [-0.2, -0.15) is 0 Å². The van der Waals surface area contributed by atoms with Crippen molar-refractivity contribution in [3.05, 3.63) is 312 Å². The summed E-state index contributed by atoms with van der Waals surface area (Å²) in [5, 5.41) is 76.5. The molecule has 124 heavy (non-hydrogen) atoms. The normalized spacial score (nSPS) is 20.6. The fraction of sp³-hybridized carbons (Fsp3) is 0.160. The first-order chi connectivity index (χ1) is 58.9. The van der Waals surface area contributed by atoms with Crippen LogP contribution in [-0.2, 0) is 27.4 Å². The second kappa shape index (κ2) is 33.6. The highest BCUT2D eigenvalue weighted by atomic mass is 31.2. The van der Waals surface area contributed by atoms with Crippen LogP contribution in [0.25, 0.3) is 39.5 Å². The van der Waals surface area contributed by atoms with E-state index in [0.29, 0.717) is 77.1 Å². The maximum atomic E-state index is 14.3.